The number of nitrogens with one attached hydrogen (secondary N) is 1. The van der Waals surface area contributed by atoms with Gasteiger partial charge in [0.15, 0.2) is 11.6 Å². The first-order valence-electron chi connectivity index (χ1n) is 5.20. The van der Waals surface area contributed by atoms with E-state index in [-0.39, 0.29) is 17.2 Å². The first-order chi connectivity index (χ1) is 7.97. The summed E-state index contributed by atoms with van der Waals surface area (Å²) in [4.78, 5) is 14.6. The third-order valence-corrected chi connectivity index (χ3v) is 2.16. The Balaban J connectivity index is 3.16. The van der Waals surface area contributed by atoms with Crippen molar-refractivity contribution in [2.45, 2.75) is 13.8 Å². The van der Waals surface area contributed by atoms with Crippen LogP contribution in [0.2, 0.25) is 0 Å². The lowest BCUT2D eigenvalue weighted by Crippen LogP contribution is -2.13. The van der Waals surface area contributed by atoms with Crippen LogP contribution in [-0.2, 0) is 0 Å². The largest absolute Gasteiger partial charge is 0.382 e. The number of aliphatic imine (C=N–C) groups is 1. The van der Waals surface area contributed by atoms with Crippen molar-refractivity contribution in [3.8, 4) is 0 Å². The molecule has 0 aromatic heterocycles. The van der Waals surface area contributed by atoms with Gasteiger partial charge in [0.25, 0.3) is 5.91 Å². The number of halogens is 2. The minimum absolute atomic E-state index is 0.0143. The van der Waals surface area contributed by atoms with Gasteiger partial charge in [-0.05, 0) is 24.8 Å². The van der Waals surface area contributed by atoms with Crippen molar-refractivity contribution in [1.29, 1.82) is 0 Å². The third-order valence-electron chi connectivity index (χ3n) is 2.16. The van der Waals surface area contributed by atoms with E-state index >= 15 is 0 Å². The quantitative estimate of drug-likeness (QED) is 0.822. The maximum absolute atomic E-state index is 13.6. The number of nitrogens with zero attached hydrogens (tertiary/aromatic N) is 1. The van der Waals surface area contributed by atoms with Crippen molar-refractivity contribution < 1.29 is 13.6 Å². The molecule has 0 bridgehead atoms. The number of hydrogen-bond acceptors (Lipinski definition) is 2. The highest BCUT2D eigenvalue weighted by atomic mass is 19.2. The first kappa shape index (κ1) is 13.3. The molecule has 3 nitrogen and oxygen atoms in total. The van der Waals surface area contributed by atoms with Crippen molar-refractivity contribution in [2.24, 2.45) is 10.9 Å². The van der Waals surface area contributed by atoms with E-state index in [1.807, 2.05) is 13.8 Å². The predicted molar refractivity (Wildman–Crippen MR) is 63.6 cm³/mol. The summed E-state index contributed by atoms with van der Waals surface area (Å²) in [5.41, 5.74) is -0.171. The van der Waals surface area contributed by atoms with Gasteiger partial charge in [-0.1, -0.05) is 13.8 Å². The summed E-state index contributed by atoms with van der Waals surface area (Å²) < 4.78 is 26.6. The molecule has 0 unspecified atom stereocenters. The molecule has 0 spiro atoms. The molecule has 5 heteroatoms. The SMILES string of the molecule is C=NC(=O)c1ccc(F)c(F)c1NCC(C)C. The average Bonchev–Trinajstić information content (AvgIpc) is 2.29. The number of hydrogen-bond donors (Lipinski definition) is 1. The van der Waals surface area contributed by atoms with Crippen LogP contribution in [0.25, 0.3) is 0 Å². The summed E-state index contributed by atoms with van der Waals surface area (Å²) in [6.45, 7) is 7.34. The minimum Gasteiger partial charge on any atom is -0.382 e. The molecule has 0 radical (unpaired) electrons. The Bertz CT molecular complexity index is 444. The van der Waals surface area contributed by atoms with Gasteiger partial charge in [-0.3, -0.25) is 4.79 Å². The van der Waals surface area contributed by atoms with E-state index < -0.39 is 17.5 Å². The molecule has 0 saturated carbocycles. The second-order valence-electron chi connectivity index (χ2n) is 4.02. The Labute approximate surface area is 98.6 Å². The molecule has 0 aliphatic heterocycles. The molecule has 1 N–H and O–H groups in total. The van der Waals surface area contributed by atoms with Crippen LogP contribution in [0.5, 0.6) is 0 Å². The number of anilines is 1. The van der Waals surface area contributed by atoms with Gasteiger partial charge in [-0.15, -0.1) is 0 Å². The molecule has 0 atom stereocenters. The highest BCUT2D eigenvalue weighted by Gasteiger charge is 2.17. The number of carbonyl (C=O) groups is 1. The van der Waals surface area contributed by atoms with Crippen LogP contribution in [0.15, 0.2) is 17.1 Å². The fourth-order valence-electron chi connectivity index (χ4n) is 1.29. The van der Waals surface area contributed by atoms with E-state index in [9.17, 15) is 13.6 Å². The predicted octanol–water partition coefficient (Wildman–Crippen LogP) is 2.87. The minimum atomic E-state index is -1.07. The normalized spacial score (nSPS) is 10.4. The molecule has 1 rings (SSSR count). The van der Waals surface area contributed by atoms with E-state index in [2.05, 4.69) is 17.0 Å². The van der Waals surface area contributed by atoms with Gasteiger partial charge in [0.1, 0.15) is 0 Å². The number of benzene rings is 1. The summed E-state index contributed by atoms with van der Waals surface area (Å²) in [5, 5.41) is 2.71. The van der Waals surface area contributed by atoms with Crippen LogP contribution >= 0.6 is 0 Å². The van der Waals surface area contributed by atoms with Gasteiger partial charge < -0.3 is 5.32 Å². The van der Waals surface area contributed by atoms with Crippen LogP contribution in [0.1, 0.15) is 24.2 Å². The Kier molecular flexibility index (Phi) is 4.31. The first-order valence-corrected chi connectivity index (χ1v) is 5.20. The van der Waals surface area contributed by atoms with E-state index in [0.29, 0.717) is 6.54 Å². The van der Waals surface area contributed by atoms with E-state index in [0.717, 1.165) is 6.07 Å². The number of rotatable bonds is 4. The molecule has 1 aromatic carbocycles. The standard InChI is InChI=1S/C12H14F2N2O/c1-7(2)6-16-11-8(12(17)15-3)4-5-9(13)10(11)14/h4-5,7,16H,3,6H2,1-2H3. The van der Waals surface area contributed by atoms with Gasteiger partial charge in [0.2, 0.25) is 0 Å². The van der Waals surface area contributed by atoms with Crippen molar-refractivity contribution in [1.82, 2.24) is 0 Å². The van der Waals surface area contributed by atoms with Gasteiger partial charge in [-0.2, -0.15) is 0 Å². The summed E-state index contributed by atoms with van der Waals surface area (Å²) in [7, 11) is 0. The summed E-state index contributed by atoms with van der Waals surface area (Å²) in [5.74, 6) is -2.52. The van der Waals surface area contributed by atoms with Crippen LogP contribution in [0.4, 0.5) is 14.5 Å². The monoisotopic (exact) mass is 240 g/mol. The number of amides is 1. The molecule has 0 heterocycles. The van der Waals surface area contributed by atoms with Crippen molar-refractivity contribution in [3.63, 3.8) is 0 Å². The molecule has 0 aliphatic rings. The smallest absolute Gasteiger partial charge is 0.278 e. The summed E-state index contributed by atoms with van der Waals surface area (Å²) in [6.07, 6.45) is 0. The fourth-order valence-corrected chi connectivity index (χ4v) is 1.29. The van der Waals surface area contributed by atoms with Crippen LogP contribution in [-0.4, -0.2) is 19.2 Å². The maximum Gasteiger partial charge on any atom is 0.278 e. The lowest BCUT2D eigenvalue weighted by atomic mass is 10.1. The zero-order valence-electron chi connectivity index (χ0n) is 9.76. The van der Waals surface area contributed by atoms with Crippen molar-refractivity contribution >= 4 is 18.3 Å². The van der Waals surface area contributed by atoms with Crippen molar-refractivity contribution in [3.05, 3.63) is 29.3 Å². The molecule has 0 aliphatic carbocycles. The van der Waals surface area contributed by atoms with Crippen molar-refractivity contribution in [2.75, 3.05) is 11.9 Å². The highest BCUT2D eigenvalue weighted by molar-refractivity contribution is 6.01. The Morgan fingerprint density at radius 1 is 1.47 bits per heavy atom. The molecule has 0 saturated heterocycles. The third kappa shape index (κ3) is 3.09. The molecule has 1 aromatic rings. The number of carbonyl (C=O) groups excluding carboxylic acids is 1. The highest BCUT2D eigenvalue weighted by Crippen LogP contribution is 2.23. The van der Waals surface area contributed by atoms with Gasteiger partial charge in [-0.25, -0.2) is 13.8 Å². The maximum atomic E-state index is 13.6. The van der Waals surface area contributed by atoms with E-state index in [1.165, 1.54) is 6.07 Å². The molecule has 1 amide bonds. The lowest BCUT2D eigenvalue weighted by Gasteiger charge is -2.13. The Morgan fingerprint density at radius 2 is 2.12 bits per heavy atom. The molecule has 92 valence electrons. The molecular weight excluding hydrogens is 226 g/mol. The van der Waals surface area contributed by atoms with E-state index in [1.54, 1.807) is 0 Å². The topological polar surface area (TPSA) is 41.5 Å². The van der Waals surface area contributed by atoms with E-state index in [4.69, 9.17) is 0 Å². The zero-order chi connectivity index (χ0) is 13.0. The van der Waals surface area contributed by atoms with Crippen LogP contribution in [0.3, 0.4) is 0 Å². The Hall–Kier alpha value is -1.78. The molecule has 17 heavy (non-hydrogen) atoms. The second-order valence-corrected chi connectivity index (χ2v) is 4.02. The van der Waals surface area contributed by atoms with Crippen LogP contribution < -0.4 is 5.32 Å². The van der Waals surface area contributed by atoms with Gasteiger partial charge >= 0.3 is 0 Å². The summed E-state index contributed by atoms with van der Waals surface area (Å²) in [6, 6.07) is 2.09. The Morgan fingerprint density at radius 3 is 2.65 bits per heavy atom. The summed E-state index contributed by atoms with van der Waals surface area (Å²) >= 11 is 0. The second kappa shape index (κ2) is 5.52. The van der Waals surface area contributed by atoms with Gasteiger partial charge in [0, 0.05) is 6.54 Å². The van der Waals surface area contributed by atoms with Gasteiger partial charge in [0.05, 0.1) is 11.3 Å². The lowest BCUT2D eigenvalue weighted by molar-refractivity contribution is 0.100. The molecule has 0 fully saturated rings. The van der Waals surface area contributed by atoms with Crippen LogP contribution in [0, 0.1) is 17.6 Å². The average molecular weight is 240 g/mol. The fraction of sp³-hybridized carbons (Fsp3) is 0.333. The zero-order valence-corrected chi connectivity index (χ0v) is 9.76. The molecular formula is C12H14F2N2O.